The van der Waals surface area contributed by atoms with Gasteiger partial charge in [-0.1, -0.05) is 48.0 Å². The number of benzene rings is 3. The van der Waals surface area contributed by atoms with Gasteiger partial charge in [0, 0.05) is 20.0 Å². The molecular formula is C24H24F3NO3S. The zero-order valence-electron chi connectivity index (χ0n) is 17.7. The van der Waals surface area contributed by atoms with Gasteiger partial charge in [-0.3, -0.25) is 0 Å². The summed E-state index contributed by atoms with van der Waals surface area (Å²) in [6.07, 6.45) is -4.65. The minimum atomic E-state index is -4.43. The van der Waals surface area contributed by atoms with Crippen LogP contribution >= 0.6 is 0 Å². The number of sulfonamides is 1. The van der Waals surface area contributed by atoms with Crippen molar-refractivity contribution in [2.75, 3.05) is 13.6 Å². The molecule has 0 N–H and O–H groups in total. The molecule has 0 heterocycles. The first-order chi connectivity index (χ1) is 15.1. The second-order valence-electron chi connectivity index (χ2n) is 7.47. The molecule has 0 fully saturated rings. The summed E-state index contributed by atoms with van der Waals surface area (Å²) in [4.78, 5) is 0.200. The Morgan fingerprint density at radius 3 is 2.06 bits per heavy atom. The Hall–Kier alpha value is -2.84. The highest BCUT2D eigenvalue weighted by Gasteiger charge is 2.30. The van der Waals surface area contributed by atoms with Crippen LogP contribution in [0.5, 0.6) is 5.75 Å². The normalized spacial score (nSPS) is 13.2. The Balaban J connectivity index is 1.76. The lowest BCUT2D eigenvalue weighted by Crippen LogP contribution is -2.29. The first kappa shape index (κ1) is 23.8. The van der Waals surface area contributed by atoms with E-state index in [2.05, 4.69) is 0 Å². The Morgan fingerprint density at radius 2 is 1.50 bits per heavy atom. The SMILES string of the molecule is Cc1ccc(S(=O)(=O)N(C)CCC(Oc2ccc(C(F)(F)F)cc2)c2ccccc2)cc1. The molecule has 0 aliphatic rings. The molecule has 0 amide bonds. The molecular weight excluding hydrogens is 439 g/mol. The molecule has 32 heavy (non-hydrogen) atoms. The van der Waals surface area contributed by atoms with Crippen LogP contribution in [0.25, 0.3) is 0 Å². The number of hydrogen-bond donors (Lipinski definition) is 0. The van der Waals surface area contributed by atoms with Crippen LogP contribution < -0.4 is 4.74 Å². The van der Waals surface area contributed by atoms with Crippen LogP contribution in [0.4, 0.5) is 13.2 Å². The summed E-state index contributed by atoms with van der Waals surface area (Å²) < 4.78 is 71.4. The molecule has 0 aliphatic heterocycles. The summed E-state index contributed by atoms with van der Waals surface area (Å²) in [5, 5.41) is 0. The lowest BCUT2D eigenvalue weighted by Gasteiger charge is -2.23. The monoisotopic (exact) mass is 463 g/mol. The second-order valence-corrected chi connectivity index (χ2v) is 9.51. The Labute approximate surface area is 186 Å². The van der Waals surface area contributed by atoms with Crippen molar-refractivity contribution >= 4 is 10.0 Å². The highest BCUT2D eigenvalue weighted by molar-refractivity contribution is 7.89. The van der Waals surface area contributed by atoms with E-state index in [4.69, 9.17) is 4.74 Å². The minimum absolute atomic E-state index is 0.163. The van der Waals surface area contributed by atoms with E-state index in [1.165, 1.54) is 23.5 Å². The van der Waals surface area contributed by atoms with Crippen molar-refractivity contribution in [3.05, 3.63) is 95.6 Å². The third-order valence-electron chi connectivity index (χ3n) is 5.07. The third kappa shape index (κ3) is 5.89. The van der Waals surface area contributed by atoms with Gasteiger partial charge in [0.15, 0.2) is 0 Å². The number of hydrogen-bond acceptors (Lipinski definition) is 3. The predicted molar refractivity (Wildman–Crippen MR) is 117 cm³/mol. The average Bonchev–Trinajstić information content (AvgIpc) is 2.77. The van der Waals surface area contributed by atoms with E-state index >= 15 is 0 Å². The third-order valence-corrected chi connectivity index (χ3v) is 6.94. The minimum Gasteiger partial charge on any atom is -0.486 e. The number of aryl methyl sites for hydroxylation is 1. The molecule has 0 spiro atoms. The molecule has 0 aromatic heterocycles. The molecule has 0 saturated carbocycles. The van der Waals surface area contributed by atoms with E-state index < -0.39 is 27.9 Å². The molecule has 170 valence electrons. The van der Waals surface area contributed by atoms with Crippen molar-refractivity contribution in [3.8, 4) is 5.75 Å². The zero-order chi connectivity index (χ0) is 23.4. The number of rotatable bonds is 8. The molecule has 4 nitrogen and oxygen atoms in total. The van der Waals surface area contributed by atoms with Crippen molar-refractivity contribution in [2.24, 2.45) is 0 Å². The van der Waals surface area contributed by atoms with E-state index in [1.807, 2.05) is 37.3 Å². The number of nitrogens with zero attached hydrogens (tertiary/aromatic N) is 1. The zero-order valence-corrected chi connectivity index (χ0v) is 18.5. The fraction of sp³-hybridized carbons (Fsp3) is 0.250. The molecule has 0 radical (unpaired) electrons. The quantitative estimate of drug-likeness (QED) is 0.421. The van der Waals surface area contributed by atoms with Gasteiger partial charge in [0.25, 0.3) is 0 Å². The summed E-state index contributed by atoms with van der Waals surface area (Å²) in [6.45, 7) is 2.04. The van der Waals surface area contributed by atoms with Gasteiger partial charge in [-0.15, -0.1) is 0 Å². The molecule has 3 aromatic carbocycles. The van der Waals surface area contributed by atoms with Crippen LogP contribution in [-0.4, -0.2) is 26.3 Å². The Kier molecular flexibility index (Phi) is 7.26. The maximum absolute atomic E-state index is 12.9. The maximum atomic E-state index is 12.9. The molecule has 1 unspecified atom stereocenters. The first-order valence-electron chi connectivity index (χ1n) is 9.99. The summed E-state index contributed by atoms with van der Waals surface area (Å²) in [6, 6.07) is 20.2. The number of ether oxygens (including phenoxy) is 1. The average molecular weight is 464 g/mol. The lowest BCUT2D eigenvalue weighted by molar-refractivity contribution is -0.137. The van der Waals surface area contributed by atoms with Gasteiger partial charge >= 0.3 is 6.18 Å². The molecule has 0 aliphatic carbocycles. The van der Waals surface area contributed by atoms with Gasteiger partial charge in [-0.25, -0.2) is 12.7 Å². The fourth-order valence-corrected chi connectivity index (χ4v) is 4.34. The molecule has 1 atom stereocenters. The summed E-state index contributed by atoms with van der Waals surface area (Å²) in [7, 11) is -2.18. The van der Waals surface area contributed by atoms with Crippen molar-refractivity contribution < 1.29 is 26.3 Å². The fourth-order valence-electron chi connectivity index (χ4n) is 3.16. The van der Waals surface area contributed by atoms with Gasteiger partial charge in [0.2, 0.25) is 10.0 Å². The summed E-state index contributed by atoms with van der Waals surface area (Å²) >= 11 is 0. The van der Waals surface area contributed by atoms with Crippen LogP contribution in [-0.2, 0) is 16.2 Å². The first-order valence-corrected chi connectivity index (χ1v) is 11.4. The van der Waals surface area contributed by atoms with Gasteiger partial charge < -0.3 is 4.74 Å². The number of halogens is 3. The maximum Gasteiger partial charge on any atom is 0.416 e. The van der Waals surface area contributed by atoms with Crippen LogP contribution in [0, 0.1) is 6.92 Å². The topological polar surface area (TPSA) is 46.6 Å². The Morgan fingerprint density at radius 1 is 0.906 bits per heavy atom. The molecule has 0 bridgehead atoms. The van der Waals surface area contributed by atoms with Crippen molar-refractivity contribution in [1.82, 2.24) is 4.31 Å². The van der Waals surface area contributed by atoms with E-state index in [9.17, 15) is 21.6 Å². The van der Waals surface area contributed by atoms with Crippen LogP contribution in [0.15, 0.2) is 83.8 Å². The summed E-state index contributed by atoms with van der Waals surface area (Å²) in [5.41, 5.74) is 0.999. The van der Waals surface area contributed by atoms with E-state index in [0.717, 1.165) is 23.3 Å². The van der Waals surface area contributed by atoms with E-state index in [0.29, 0.717) is 6.42 Å². The summed E-state index contributed by atoms with van der Waals surface area (Å²) in [5.74, 6) is 0.274. The highest BCUT2D eigenvalue weighted by atomic mass is 32.2. The van der Waals surface area contributed by atoms with E-state index in [-0.39, 0.29) is 17.2 Å². The van der Waals surface area contributed by atoms with Crippen molar-refractivity contribution in [2.45, 2.75) is 30.5 Å². The highest BCUT2D eigenvalue weighted by Crippen LogP contribution is 2.32. The van der Waals surface area contributed by atoms with Crippen molar-refractivity contribution in [3.63, 3.8) is 0 Å². The number of alkyl halides is 3. The predicted octanol–water partition coefficient (Wildman–Crippen LogP) is 5.84. The van der Waals surface area contributed by atoms with Gasteiger partial charge in [0.1, 0.15) is 11.9 Å². The van der Waals surface area contributed by atoms with E-state index in [1.54, 1.807) is 24.3 Å². The van der Waals surface area contributed by atoms with Crippen LogP contribution in [0.3, 0.4) is 0 Å². The Bertz CT molecular complexity index is 1110. The lowest BCUT2D eigenvalue weighted by atomic mass is 10.1. The molecule has 3 aromatic rings. The second kappa shape index (κ2) is 9.75. The van der Waals surface area contributed by atoms with Gasteiger partial charge in [-0.05, 0) is 48.9 Å². The van der Waals surface area contributed by atoms with Crippen LogP contribution in [0.2, 0.25) is 0 Å². The van der Waals surface area contributed by atoms with Gasteiger partial charge in [-0.2, -0.15) is 13.2 Å². The molecule has 3 rings (SSSR count). The molecule has 8 heteroatoms. The van der Waals surface area contributed by atoms with Gasteiger partial charge in [0.05, 0.1) is 10.5 Å². The standard InChI is InChI=1S/C24H24F3NO3S/c1-18-8-14-22(15-9-18)32(29,30)28(2)17-16-23(19-6-4-3-5-7-19)31-21-12-10-20(11-13-21)24(25,26)27/h3-15,23H,16-17H2,1-2H3. The van der Waals surface area contributed by atoms with Crippen molar-refractivity contribution in [1.29, 1.82) is 0 Å². The smallest absolute Gasteiger partial charge is 0.416 e. The largest absolute Gasteiger partial charge is 0.486 e. The molecule has 0 saturated heterocycles. The van der Waals surface area contributed by atoms with Crippen LogP contribution in [0.1, 0.15) is 29.2 Å².